The van der Waals surface area contributed by atoms with E-state index in [1.165, 1.54) is 11.3 Å². The largest absolute Gasteiger partial charge is 0.382 e. The van der Waals surface area contributed by atoms with E-state index in [1.807, 2.05) is 19.2 Å². The van der Waals surface area contributed by atoms with Gasteiger partial charge < -0.3 is 15.4 Å². The van der Waals surface area contributed by atoms with Gasteiger partial charge in [0.2, 0.25) is 0 Å². The van der Waals surface area contributed by atoms with Crippen molar-refractivity contribution < 1.29 is 14.3 Å². The van der Waals surface area contributed by atoms with Gasteiger partial charge in [-0.15, -0.1) is 11.3 Å². The fourth-order valence-corrected chi connectivity index (χ4v) is 2.03. The van der Waals surface area contributed by atoms with Gasteiger partial charge in [0.25, 0.3) is 0 Å². The van der Waals surface area contributed by atoms with E-state index in [2.05, 4.69) is 15.6 Å². The monoisotopic (exact) mass is 285 g/mol. The molecule has 6 nitrogen and oxygen atoms in total. The van der Waals surface area contributed by atoms with Crippen molar-refractivity contribution >= 4 is 23.2 Å². The van der Waals surface area contributed by atoms with Crippen LogP contribution in [-0.4, -0.2) is 36.6 Å². The second-order valence-electron chi connectivity index (χ2n) is 3.87. The minimum absolute atomic E-state index is 0.281. The predicted molar refractivity (Wildman–Crippen MR) is 72.8 cm³/mol. The fourth-order valence-electron chi connectivity index (χ4n) is 1.32. The molecule has 19 heavy (non-hydrogen) atoms. The molecule has 0 aliphatic heterocycles. The molecule has 0 bridgehead atoms. The Morgan fingerprint density at radius 3 is 2.74 bits per heavy atom. The molecule has 1 heterocycles. The van der Waals surface area contributed by atoms with Crippen LogP contribution >= 0.6 is 11.3 Å². The Morgan fingerprint density at radius 1 is 1.37 bits per heavy atom. The zero-order valence-corrected chi connectivity index (χ0v) is 12.0. The number of carbonyl (C=O) groups is 2. The third-order valence-electron chi connectivity index (χ3n) is 2.23. The van der Waals surface area contributed by atoms with Gasteiger partial charge in [0.1, 0.15) is 5.01 Å². The van der Waals surface area contributed by atoms with E-state index in [9.17, 15) is 9.59 Å². The average Bonchev–Trinajstić information content (AvgIpc) is 2.81. The first kappa shape index (κ1) is 15.6. The Labute approximate surface area is 116 Å². The zero-order valence-electron chi connectivity index (χ0n) is 11.2. The number of carbonyl (C=O) groups excluding carboxylic acids is 2. The summed E-state index contributed by atoms with van der Waals surface area (Å²) in [7, 11) is 0. The first-order valence-electron chi connectivity index (χ1n) is 6.18. The topological polar surface area (TPSA) is 80.3 Å². The summed E-state index contributed by atoms with van der Waals surface area (Å²) in [5, 5.41) is 7.75. The Kier molecular flexibility index (Phi) is 7.06. The van der Waals surface area contributed by atoms with Crippen LogP contribution in [0.2, 0.25) is 0 Å². The predicted octanol–water partition coefficient (Wildman–Crippen LogP) is 0.611. The number of hydrogen-bond donors (Lipinski definition) is 2. The van der Waals surface area contributed by atoms with Gasteiger partial charge >= 0.3 is 11.8 Å². The Morgan fingerprint density at radius 2 is 2.11 bits per heavy atom. The maximum absolute atomic E-state index is 11.5. The third-order valence-corrected chi connectivity index (χ3v) is 3.19. The summed E-state index contributed by atoms with van der Waals surface area (Å²) in [4.78, 5) is 27.1. The number of aryl methyl sites for hydroxylation is 1. The number of aromatic nitrogens is 1. The van der Waals surface area contributed by atoms with E-state index in [4.69, 9.17) is 4.74 Å². The first-order valence-corrected chi connectivity index (χ1v) is 7.06. The van der Waals surface area contributed by atoms with Crippen LogP contribution in [0.25, 0.3) is 0 Å². The van der Waals surface area contributed by atoms with Crippen molar-refractivity contribution in [2.45, 2.75) is 26.8 Å². The molecule has 1 rings (SSSR count). The van der Waals surface area contributed by atoms with Gasteiger partial charge in [-0.2, -0.15) is 0 Å². The van der Waals surface area contributed by atoms with Gasteiger partial charge in [-0.05, 0) is 20.3 Å². The van der Waals surface area contributed by atoms with Crippen LogP contribution in [0.5, 0.6) is 0 Å². The molecule has 0 saturated heterocycles. The lowest BCUT2D eigenvalue weighted by Crippen LogP contribution is -2.40. The lowest BCUT2D eigenvalue weighted by Gasteiger charge is -2.05. The first-order chi connectivity index (χ1) is 9.13. The van der Waals surface area contributed by atoms with Crippen molar-refractivity contribution in [1.29, 1.82) is 0 Å². The van der Waals surface area contributed by atoms with Gasteiger partial charge in [-0.3, -0.25) is 9.59 Å². The highest BCUT2D eigenvalue weighted by Gasteiger charge is 2.12. The third kappa shape index (κ3) is 6.30. The number of nitrogens with zero attached hydrogens (tertiary/aromatic N) is 1. The minimum Gasteiger partial charge on any atom is -0.382 e. The summed E-state index contributed by atoms with van der Waals surface area (Å²) >= 11 is 1.46. The molecule has 106 valence electrons. The van der Waals surface area contributed by atoms with Crippen LogP contribution in [0.15, 0.2) is 5.38 Å². The molecular formula is C12H19N3O3S. The smallest absolute Gasteiger partial charge is 0.309 e. The normalized spacial score (nSPS) is 10.2. The van der Waals surface area contributed by atoms with Crippen molar-refractivity contribution in [3.8, 4) is 0 Å². The van der Waals surface area contributed by atoms with Crippen molar-refractivity contribution in [3.63, 3.8) is 0 Å². The molecule has 2 N–H and O–H groups in total. The number of thiazole rings is 1. The van der Waals surface area contributed by atoms with E-state index >= 15 is 0 Å². The van der Waals surface area contributed by atoms with Crippen LogP contribution in [0.1, 0.15) is 24.0 Å². The Hall–Kier alpha value is -1.47. The SMILES string of the molecule is CCOCCCNC(=O)C(=O)NCc1nc(C)cs1. The lowest BCUT2D eigenvalue weighted by atomic mass is 10.4. The Bertz CT molecular complexity index is 420. The molecule has 7 heteroatoms. The van der Waals surface area contributed by atoms with Crippen LogP contribution in [-0.2, 0) is 20.9 Å². The van der Waals surface area contributed by atoms with Gasteiger partial charge in [0.15, 0.2) is 0 Å². The van der Waals surface area contributed by atoms with Crippen molar-refractivity contribution in [3.05, 3.63) is 16.1 Å². The van der Waals surface area contributed by atoms with E-state index in [0.29, 0.717) is 26.2 Å². The molecule has 0 aromatic carbocycles. The second-order valence-corrected chi connectivity index (χ2v) is 4.81. The van der Waals surface area contributed by atoms with Gasteiger partial charge in [-0.25, -0.2) is 4.98 Å². The van der Waals surface area contributed by atoms with Crippen molar-refractivity contribution in [2.75, 3.05) is 19.8 Å². The van der Waals surface area contributed by atoms with Crippen LogP contribution in [0.3, 0.4) is 0 Å². The summed E-state index contributed by atoms with van der Waals surface area (Å²) in [6, 6.07) is 0. The molecular weight excluding hydrogens is 266 g/mol. The number of rotatable bonds is 7. The maximum Gasteiger partial charge on any atom is 0.309 e. The standard InChI is InChI=1S/C12H19N3O3S/c1-3-18-6-4-5-13-11(16)12(17)14-7-10-15-9(2)8-19-10/h8H,3-7H2,1-2H3,(H,13,16)(H,14,17). The van der Waals surface area contributed by atoms with E-state index in [1.54, 1.807) is 0 Å². The van der Waals surface area contributed by atoms with E-state index in [-0.39, 0.29) is 6.54 Å². The summed E-state index contributed by atoms with van der Waals surface area (Å²) in [6.07, 6.45) is 0.693. The zero-order chi connectivity index (χ0) is 14.1. The molecule has 0 fully saturated rings. The van der Waals surface area contributed by atoms with E-state index in [0.717, 1.165) is 10.7 Å². The summed E-state index contributed by atoms with van der Waals surface area (Å²) in [6.45, 7) is 5.74. The highest BCUT2D eigenvalue weighted by Crippen LogP contribution is 2.07. The fraction of sp³-hybridized carbons (Fsp3) is 0.583. The highest BCUT2D eigenvalue weighted by atomic mass is 32.1. The average molecular weight is 285 g/mol. The van der Waals surface area contributed by atoms with Gasteiger partial charge in [-0.1, -0.05) is 0 Å². The summed E-state index contributed by atoms with van der Waals surface area (Å²) in [5.74, 6) is -1.26. The number of ether oxygens (including phenoxy) is 1. The number of amides is 2. The molecule has 1 aromatic rings. The molecule has 0 aliphatic carbocycles. The highest BCUT2D eigenvalue weighted by molar-refractivity contribution is 7.09. The lowest BCUT2D eigenvalue weighted by molar-refractivity contribution is -0.139. The molecule has 0 radical (unpaired) electrons. The summed E-state index contributed by atoms with van der Waals surface area (Å²) in [5.41, 5.74) is 0.912. The molecule has 2 amide bonds. The molecule has 0 spiro atoms. The Balaban J connectivity index is 2.16. The minimum atomic E-state index is -0.635. The number of nitrogens with one attached hydrogen (secondary N) is 2. The van der Waals surface area contributed by atoms with Crippen molar-refractivity contribution in [1.82, 2.24) is 15.6 Å². The van der Waals surface area contributed by atoms with Crippen LogP contribution in [0.4, 0.5) is 0 Å². The van der Waals surface area contributed by atoms with Crippen LogP contribution < -0.4 is 10.6 Å². The van der Waals surface area contributed by atoms with E-state index < -0.39 is 11.8 Å². The van der Waals surface area contributed by atoms with Crippen LogP contribution in [0, 0.1) is 6.92 Å². The molecule has 0 unspecified atom stereocenters. The molecule has 0 atom stereocenters. The molecule has 0 aliphatic rings. The second kappa shape index (κ2) is 8.60. The quantitative estimate of drug-likeness (QED) is 0.568. The van der Waals surface area contributed by atoms with Gasteiger partial charge in [0.05, 0.1) is 6.54 Å². The number of hydrogen-bond acceptors (Lipinski definition) is 5. The van der Waals surface area contributed by atoms with Crippen molar-refractivity contribution in [2.24, 2.45) is 0 Å². The maximum atomic E-state index is 11.5. The summed E-state index contributed by atoms with van der Waals surface area (Å²) < 4.78 is 5.12. The molecule has 0 saturated carbocycles. The van der Waals surface area contributed by atoms with Gasteiger partial charge in [0, 0.05) is 30.8 Å². The molecule has 1 aromatic heterocycles.